The van der Waals surface area contributed by atoms with E-state index in [1.807, 2.05) is 6.92 Å². The normalized spacial score (nSPS) is 15.4. The van der Waals surface area contributed by atoms with Gasteiger partial charge in [-0.15, -0.1) is 0 Å². The quantitative estimate of drug-likeness (QED) is 0.537. The monoisotopic (exact) mass is 208 g/mol. The van der Waals surface area contributed by atoms with Crippen molar-refractivity contribution < 1.29 is 10.2 Å². The van der Waals surface area contributed by atoms with Gasteiger partial charge >= 0.3 is 0 Å². The minimum atomic E-state index is -0.331. The molecule has 1 unspecified atom stereocenters. The van der Waals surface area contributed by atoms with E-state index in [0.717, 1.165) is 5.57 Å². The zero-order chi connectivity index (χ0) is 7.98. The lowest BCUT2D eigenvalue weighted by Crippen LogP contribution is -2.07. The van der Waals surface area contributed by atoms with Crippen molar-refractivity contribution in [1.29, 1.82) is 0 Å². The first-order valence-electron chi connectivity index (χ1n) is 3.21. The van der Waals surface area contributed by atoms with Gasteiger partial charge in [-0.3, -0.25) is 0 Å². The van der Waals surface area contributed by atoms with Crippen LogP contribution in [-0.4, -0.2) is 28.3 Å². The van der Waals surface area contributed by atoms with Crippen molar-refractivity contribution in [2.75, 3.05) is 11.9 Å². The zero-order valence-corrected chi connectivity index (χ0v) is 7.63. The van der Waals surface area contributed by atoms with Crippen molar-refractivity contribution in [2.24, 2.45) is 0 Å². The van der Waals surface area contributed by atoms with E-state index in [1.165, 1.54) is 0 Å². The smallest absolute Gasteiger partial charge is 0.0673 e. The summed E-state index contributed by atoms with van der Waals surface area (Å²) in [6.45, 7) is 1.95. The number of hydrogen-bond donors (Lipinski definition) is 2. The molecule has 0 aromatic rings. The fraction of sp³-hybridized carbons (Fsp3) is 0.714. The molecule has 0 heterocycles. The average Bonchev–Trinajstić information content (AvgIpc) is 1.88. The molecule has 10 heavy (non-hydrogen) atoms. The van der Waals surface area contributed by atoms with Crippen LogP contribution in [0, 0.1) is 0 Å². The van der Waals surface area contributed by atoms with Crippen LogP contribution in [0.5, 0.6) is 0 Å². The molecule has 0 aliphatic heterocycles. The van der Waals surface area contributed by atoms with E-state index in [-0.39, 0.29) is 12.7 Å². The molecule has 0 aliphatic rings. The summed E-state index contributed by atoms with van der Waals surface area (Å²) in [5, 5.41) is 18.1. The zero-order valence-electron chi connectivity index (χ0n) is 6.05. The van der Waals surface area contributed by atoms with Crippen molar-refractivity contribution in [3.63, 3.8) is 0 Å². The highest BCUT2D eigenvalue weighted by atomic mass is 79.9. The minimum absolute atomic E-state index is 0.0564. The van der Waals surface area contributed by atoms with Gasteiger partial charge in [0.1, 0.15) is 0 Å². The first-order chi connectivity index (χ1) is 4.70. The third-order valence-corrected chi connectivity index (χ3v) is 1.92. The van der Waals surface area contributed by atoms with Crippen molar-refractivity contribution in [3.8, 4) is 0 Å². The third kappa shape index (κ3) is 4.97. The molecule has 1 atom stereocenters. The van der Waals surface area contributed by atoms with Crippen LogP contribution in [-0.2, 0) is 0 Å². The van der Waals surface area contributed by atoms with Gasteiger partial charge in [-0.1, -0.05) is 27.6 Å². The van der Waals surface area contributed by atoms with Crippen LogP contribution in [0.1, 0.15) is 13.3 Å². The van der Waals surface area contributed by atoms with Crippen molar-refractivity contribution in [3.05, 3.63) is 11.6 Å². The number of halogens is 1. The molecule has 0 aromatic heterocycles. The summed E-state index contributed by atoms with van der Waals surface area (Å²) in [7, 11) is 0. The van der Waals surface area contributed by atoms with Crippen molar-refractivity contribution in [2.45, 2.75) is 19.4 Å². The molecule has 0 rings (SSSR count). The minimum Gasteiger partial charge on any atom is -0.392 e. The lowest BCUT2D eigenvalue weighted by Gasteiger charge is -2.05. The highest BCUT2D eigenvalue weighted by Crippen LogP contribution is 2.05. The Balaban J connectivity index is 3.56. The van der Waals surface area contributed by atoms with Gasteiger partial charge in [0.05, 0.1) is 12.7 Å². The van der Waals surface area contributed by atoms with Crippen LogP contribution >= 0.6 is 15.9 Å². The van der Waals surface area contributed by atoms with Crippen LogP contribution in [0.25, 0.3) is 0 Å². The van der Waals surface area contributed by atoms with Crippen LogP contribution in [0.2, 0.25) is 0 Å². The second-order valence-electron chi connectivity index (χ2n) is 2.25. The maximum absolute atomic E-state index is 9.09. The van der Waals surface area contributed by atoms with E-state index < -0.39 is 0 Å². The summed E-state index contributed by atoms with van der Waals surface area (Å²) in [6.07, 6.45) is 2.00. The summed E-state index contributed by atoms with van der Waals surface area (Å²) in [6, 6.07) is 0. The molecular formula is C7H13BrO2. The number of hydrogen-bond acceptors (Lipinski definition) is 2. The lowest BCUT2D eigenvalue weighted by atomic mass is 10.1. The van der Waals surface area contributed by atoms with Gasteiger partial charge in [0.15, 0.2) is 0 Å². The molecule has 0 fully saturated rings. The number of rotatable bonds is 4. The van der Waals surface area contributed by atoms with E-state index in [0.29, 0.717) is 11.8 Å². The first-order valence-corrected chi connectivity index (χ1v) is 4.33. The summed E-state index contributed by atoms with van der Waals surface area (Å²) in [5.74, 6) is 0. The molecule has 0 aromatic carbocycles. The highest BCUT2D eigenvalue weighted by molar-refractivity contribution is 9.09. The number of aliphatic hydroxyl groups is 2. The first kappa shape index (κ1) is 10.1. The van der Waals surface area contributed by atoms with Crippen LogP contribution in [0.3, 0.4) is 0 Å². The Bertz CT molecular complexity index is 112. The van der Waals surface area contributed by atoms with Crippen LogP contribution in [0.4, 0.5) is 0 Å². The lowest BCUT2D eigenvalue weighted by molar-refractivity contribution is 0.201. The molecular weight excluding hydrogens is 196 g/mol. The average molecular weight is 209 g/mol. The largest absolute Gasteiger partial charge is 0.392 e. The van der Waals surface area contributed by atoms with Gasteiger partial charge in [-0.25, -0.2) is 0 Å². The fourth-order valence-electron chi connectivity index (χ4n) is 0.665. The molecule has 3 heteroatoms. The van der Waals surface area contributed by atoms with Gasteiger partial charge in [-0.05, 0) is 13.3 Å². The second-order valence-corrected chi connectivity index (χ2v) is 2.89. The van der Waals surface area contributed by atoms with Gasteiger partial charge in [0, 0.05) is 5.33 Å². The second kappa shape index (κ2) is 5.89. The predicted octanol–water partition coefficient (Wildman–Crippen LogP) is 1.07. The summed E-state index contributed by atoms with van der Waals surface area (Å²) < 4.78 is 0. The Morgan fingerprint density at radius 3 is 2.70 bits per heavy atom. The Morgan fingerprint density at radius 2 is 2.30 bits per heavy atom. The third-order valence-electron chi connectivity index (χ3n) is 1.18. The molecule has 0 aliphatic carbocycles. The Labute approximate surface area is 69.7 Å². The van der Waals surface area contributed by atoms with Crippen LogP contribution < -0.4 is 0 Å². The van der Waals surface area contributed by atoms with Crippen LogP contribution in [0.15, 0.2) is 11.6 Å². The van der Waals surface area contributed by atoms with Gasteiger partial charge < -0.3 is 10.2 Å². The van der Waals surface area contributed by atoms with Gasteiger partial charge in [0.25, 0.3) is 0 Å². The molecule has 0 radical (unpaired) electrons. The SMILES string of the molecule is C/C(=C\CO)CC(O)CBr. The topological polar surface area (TPSA) is 40.5 Å². The fourth-order valence-corrected chi connectivity index (χ4v) is 0.894. The molecule has 0 saturated carbocycles. The molecule has 2 nitrogen and oxygen atoms in total. The maximum atomic E-state index is 9.09. The Morgan fingerprint density at radius 1 is 1.70 bits per heavy atom. The van der Waals surface area contributed by atoms with E-state index in [2.05, 4.69) is 15.9 Å². The molecule has 0 saturated heterocycles. The summed E-state index contributed by atoms with van der Waals surface area (Å²) >= 11 is 3.15. The van der Waals surface area contributed by atoms with Crippen molar-refractivity contribution >= 4 is 15.9 Å². The summed E-state index contributed by atoms with van der Waals surface area (Å²) in [5.41, 5.74) is 1.02. The number of alkyl halides is 1. The predicted molar refractivity (Wildman–Crippen MR) is 45.3 cm³/mol. The van der Waals surface area contributed by atoms with E-state index in [1.54, 1.807) is 6.08 Å². The molecule has 0 spiro atoms. The maximum Gasteiger partial charge on any atom is 0.0673 e. The Kier molecular flexibility index (Phi) is 5.97. The van der Waals surface area contributed by atoms with E-state index in [4.69, 9.17) is 10.2 Å². The standard InChI is InChI=1S/C7H13BrO2/c1-6(2-3-9)4-7(10)5-8/h2,7,9-10H,3-5H2,1H3/b6-2+. The molecule has 0 amide bonds. The highest BCUT2D eigenvalue weighted by Gasteiger charge is 2.00. The van der Waals surface area contributed by atoms with Crippen molar-refractivity contribution in [1.82, 2.24) is 0 Å². The molecule has 0 bridgehead atoms. The number of aliphatic hydroxyl groups excluding tert-OH is 2. The molecule has 60 valence electrons. The van der Waals surface area contributed by atoms with Gasteiger partial charge in [-0.2, -0.15) is 0 Å². The molecule has 2 N–H and O–H groups in total. The van der Waals surface area contributed by atoms with E-state index >= 15 is 0 Å². The van der Waals surface area contributed by atoms with Gasteiger partial charge in [0.2, 0.25) is 0 Å². The summed E-state index contributed by atoms with van der Waals surface area (Å²) in [4.78, 5) is 0. The Hall–Kier alpha value is 0.140. The van der Waals surface area contributed by atoms with E-state index in [9.17, 15) is 0 Å².